The molecule has 4 rings (SSSR count). The molecule has 0 bridgehead atoms. The van der Waals surface area contributed by atoms with Gasteiger partial charge in [0, 0.05) is 19.0 Å². The number of unbranched alkanes of at least 4 members (excludes halogenated alkanes) is 1. The maximum atomic E-state index is 13.6. The van der Waals surface area contributed by atoms with Gasteiger partial charge in [-0.15, -0.1) is 10.2 Å². The standard InChI is InChI=1S/C24H26N4O3S/c1-4-5-10-19-26-27-24(32-19)25-22(29)20-17-8-6-7-9-18(17)23(30)28(2)21(20)15-11-13-16(31-3)14-12-15/h6-9,11-14,20-21H,4-5,10H2,1-3H3,(H,25,27,29)/t20-,21+/m0/s1. The van der Waals surface area contributed by atoms with Gasteiger partial charge in [-0.25, -0.2) is 0 Å². The first-order valence-electron chi connectivity index (χ1n) is 10.7. The molecule has 8 heteroatoms. The van der Waals surface area contributed by atoms with Crippen LogP contribution in [0.15, 0.2) is 48.5 Å². The summed E-state index contributed by atoms with van der Waals surface area (Å²) in [5.41, 5.74) is 2.11. The number of fused-ring (bicyclic) bond motifs is 1. The lowest BCUT2D eigenvalue weighted by Gasteiger charge is -2.39. The highest BCUT2D eigenvalue weighted by Gasteiger charge is 2.42. The summed E-state index contributed by atoms with van der Waals surface area (Å²) in [4.78, 5) is 28.3. The number of aryl methyl sites for hydroxylation is 1. The van der Waals surface area contributed by atoms with Crippen molar-refractivity contribution in [3.8, 4) is 5.75 Å². The van der Waals surface area contributed by atoms with Crippen LogP contribution in [0.4, 0.5) is 5.13 Å². The van der Waals surface area contributed by atoms with Gasteiger partial charge in [0.1, 0.15) is 10.8 Å². The van der Waals surface area contributed by atoms with E-state index in [-0.39, 0.29) is 11.8 Å². The van der Waals surface area contributed by atoms with E-state index < -0.39 is 12.0 Å². The van der Waals surface area contributed by atoms with Crippen LogP contribution in [0.5, 0.6) is 5.75 Å². The predicted molar refractivity (Wildman–Crippen MR) is 124 cm³/mol. The highest BCUT2D eigenvalue weighted by Crippen LogP contribution is 2.42. The molecule has 0 fully saturated rings. The van der Waals surface area contributed by atoms with Gasteiger partial charge in [-0.3, -0.25) is 14.9 Å². The number of hydrogen-bond acceptors (Lipinski definition) is 6. The molecule has 0 spiro atoms. The number of carbonyl (C=O) groups excluding carboxylic acids is 2. The van der Waals surface area contributed by atoms with Crippen LogP contribution in [0.2, 0.25) is 0 Å². The van der Waals surface area contributed by atoms with Crippen LogP contribution < -0.4 is 10.1 Å². The first-order chi connectivity index (χ1) is 15.5. The van der Waals surface area contributed by atoms with Gasteiger partial charge in [0.05, 0.1) is 19.1 Å². The maximum absolute atomic E-state index is 13.6. The Labute approximate surface area is 191 Å². The lowest BCUT2D eigenvalue weighted by Crippen LogP contribution is -2.44. The van der Waals surface area contributed by atoms with E-state index in [0.717, 1.165) is 29.8 Å². The van der Waals surface area contributed by atoms with Crippen LogP contribution in [0.3, 0.4) is 0 Å². The fourth-order valence-electron chi connectivity index (χ4n) is 4.09. The number of nitrogens with zero attached hydrogens (tertiary/aromatic N) is 3. The number of likely N-dealkylation sites (N-methyl/N-ethyl adjacent to an activating group) is 1. The Balaban J connectivity index is 1.70. The Bertz CT molecular complexity index is 1110. The van der Waals surface area contributed by atoms with Crippen molar-refractivity contribution in [3.05, 3.63) is 70.2 Å². The molecule has 1 aliphatic heterocycles. The zero-order valence-electron chi connectivity index (χ0n) is 18.4. The van der Waals surface area contributed by atoms with Crippen molar-refractivity contribution in [3.63, 3.8) is 0 Å². The van der Waals surface area contributed by atoms with Gasteiger partial charge in [0.15, 0.2) is 0 Å². The number of benzene rings is 2. The Morgan fingerprint density at radius 2 is 1.91 bits per heavy atom. The highest BCUT2D eigenvalue weighted by atomic mass is 32.1. The second-order valence-electron chi connectivity index (χ2n) is 7.79. The molecule has 2 aromatic carbocycles. The Kier molecular flexibility index (Phi) is 6.50. The van der Waals surface area contributed by atoms with Gasteiger partial charge in [-0.1, -0.05) is 55.0 Å². The normalized spacial score (nSPS) is 17.7. The number of methoxy groups -OCH3 is 1. The van der Waals surface area contributed by atoms with E-state index >= 15 is 0 Å². The van der Waals surface area contributed by atoms with Gasteiger partial charge in [-0.05, 0) is 35.7 Å². The van der Waals surface area contributed by atoms with Crippen molar-refractivity contribution < 1.29 is 14.3 Å². The SMILES string of the molecule is CCCCc1nnc(NC(=O)[C@H]2c3ccccc3C(=O)N(C)[C@@H]2c2ccc(OC)cc2)s1. The number of aromatic nitrogens is 2. The molecule has 0 unspecified atom stereocenters. The van der Waals surface area contributed by atoms with Crippen molar-refractivity contribution in [1.29, 1.82) is 0 Å². The van der Waals surface area contributed by atoms with E-state index in [1.165, 1.54) is 11.3 Å². The molecule has 1 N–H and O–H groups in total. The van der Waals surface area contributed by atoms with Crippen LogP contribution in [0.25, 0.3) is 0 Å². The minimum Gasteiger partial charge on any atom is -0.497 e. The summed E-state index contributed by atoms with van der Waals surface area (Å²) in [6.45, 7) is 2.13. The molecule has 2 heterocycles. The second-order valence-corrected chi connectivity index (χ2v) is 8.85. The van der Waals surface area contributed by atoms with Gasteiger partial charge < -0.3 is 9.64 Å². The van der Waals surface area contributed by atoms with Gasteiger partial charge >= 0.3 is 0 Å². The van der Waals surface area contributed by atoms with Crippen LogP contribution in [0.1, 0.15) is 58.2 Å². The maximum Gasteiger partial charge on any atom is 0.254 e. The molecule has 0 saturated carbocycles. The first-order valence-corrected chi connectivity index (χ1v) is 11.5. The molecule has 2 amide bonds. The smallest absolute Gasteiger partial charge is 0.254 e. The zero-order valence-corrected chi connectivity index (χ0v) is 19.2. The van der Waals surface area contributed by atoms with Gasteiger partial charge in [0.25, 0.3) is 5.91 Å². The summed E-state index contributed by atoms with van der Waals surface area (Å²) in [5, 5.41) is 12.7. The molecule has 7 nitrogen and oxygen atoms in total. The second kappa shape index (κ2) is 9.48. The molecule has 3 aromatic rings. The summed E-state index contributed by atoms with van der Waals surface area (Å²) < 4.78 is 5.27. The summed E-state index contributed by atoms with van der Waals surface area (Å²) >= 11 is 1.40. The van der Waals surface area contributed by atoms with E-state index in [0.29, 0.717) is 22.0 Å². The number of anilines is 1. The summed E-state index contributed by atoms with van der Waals surface area (Å²) in [6, 6.07) is 14.3. The van der Waals surface area contributed by atoms with E-state index in [4.69, 9.17) is 4.74 Å². The van der Waals surface area contributed by atoms with E-state index in [2.05, 4.69) is 22.4 Å². The van der Waals surface area contributed by atoms with Crippen LogP contribution in [0, 0.1) is 0 Å². The number of rotatable bonds is 7. The molecule has 1 aliphatic rings. The first kappa shape index (κ1) is 22.0. The molecular weight excluding hydrogens is 424 g/mol. The Morgan fingerprint density at radius 3 is 2.62 bits per heavy atom. The third-order valence-corrected chi connectivity index (χ3v) is 6.66. The Hall–Kier alpha value is -3.26. The third kappa shape index (κ3) is 4.23. The van der Waals surface area contributed by atoms with Crippen molar-refractivity contribution >= 4 is 28.3 Å². The minimum atomic E-state index is -0.592. The monoisotopic (exact) mass is 450 g/mol. The van der Waals surface area contributed by atoms with Crippen LogP contribution >= 0.6 is 11.3 Å². The lowest BCUT2D eigenvalue weighted by atomic mass is 9.79. The molecule has 1 aromatic heterocycles. The number of nitrogens with one attached hydrogen (secondary N) is 1. The quantitative estimate of drug-likeness (QED) is 0.575. The average Bonchev–Trinajstić information content (AvgIpc) is 3.27. The largest absolute Gasteiger partial charge is 0.497 e. The van der Waals surface area contributed by atoms with Gasteiger partial charge in [-0.2, -0.15) is 0 Å². The number of carbonyl (C=O) groups is 2. The van der Waals surface area contributed by atoms with Gasteiger partial charge in [0.2, 0.25) is 11.0 Å². The molecule has 0 radical (unpaired) electrons. The third-order valence-electron chi connectivity index (χ3n) is 5.76. The average molecular weight is 451 g/mol. The predicted octanol–water partition coefficient (Wildman–Crippen LogP) is 4.44. The Morgan fingerprint density at radius 1 is 1.16 bits per heavy atom. The van der Waals surface area contributed by atoms with Crippen molar-refractivity contribution in [2.24, 2.45) is 0 Å². The highest BCUT2D eigenvalue weighted by molar-refractivity contribution is 7.15. The fraction of sp³-hybridized carbons (Fsp3) is 0.333. The molecule has 32 heavy (non-hydrogen) atoms. The molecule has 2 atom stereocenters. The number of hydrogen-bond donors (Lipinski definition) is 1. The minimum absolute atomic E-state index is 0.108. The number of amides is 2. The van der Waals surface area contributed by atoms with Crippen molar-refractivity contribution in [2.75, 3.05) is 19.5 Å². The lowest BCUT2D eigenvalue weighted by molar-refractivity contribution is -0.119. The molecule has 0 aliphatic carbocycles. The van der Waals surface area contributed by atoms with Crippen LogP contribution in [-0.4, -0.2) is 41.1 Å². The van der Waals surface area contributed by atoms with Crippen LogP contribution in [-0.2, 0) is 11.2 Å². The van der Waals surface area contributed by atoms with Crippen molar-refractivity contribution in [1.82, 2.24) is 15.1 Å². The molecule has 0 saturated heterocycles. The topological polar surface area (TPSA) is 84.4 Å². The summed E-state index contributed by atoms with van der Waals surface area (Å²) in [5.74, 6) is -0.197. The number of ether oxygens (including phenoxy) is 1. The van der Waals surface area contributed by atoms with Crippen molar-refractivity contribution in [2.45, 2.75) is 38.1 Å². The van der Waals surface area contributed by atoms with E-state index in [9.17, 15) is 9.59 Å². The molecular formula is C24H26N4O3S. The fourth-order valence-corrected chi connectivity index (χ4v) is 4.88. The zero-order chi connectivity index (χ0) is 22.7. The summed E-state index contributed by atoms with van der Waals surface area (Å²) in [6.07, 6.45) is 2.96. The van der Waals surface area contributed by atoms with E-state index in [1.54, 1.807) is 25.1 Å². The molecule has 166 valence electrons. The summed E-state index contributed by atoms with van der Waals surface area (Å²) in [7, 11) is 3.34. The van der Waals surface area contributed by atoms with E-state index in [1.807, 2.05) is 42.5 Å².